The Labute approximate surface area is 115 Å². The Kier molecular flexibility index (Phi) is 3.97. The van der Waals surface area contributed by atoms with Gasteiger partial charge in [-0.25, -0.2) is 13.4 Å². The number of rotatable bonds is 4. The van der Waals surface area contributed by atoms with Gasteiger partial charge in [-0.05, 0) is 24.3 Å². The normalized spacial score (nSPS) is 11.0. The molecule has 1 amide bonds. The third-order valence-corrected chi connectivity index (χ3v) is 3.70. The summed E-state index contributed by atoms with van der Waals surface area (Å²) in [6, 6.07) is 10.6. The zero-order valence-corrected chi connectivity index (χ0v) is 11.1. The highest BCUT2D eigenvalue weighted by atomic mass is 32.2. The lowest BCUT2D eigenvalue weighted by atomic mass is 10.2. The number of anilines is 1. The molecule has 0 atom stereocenters. The second kappa shape index (κ2) is 5.68. The highest BCUT2D eigenvalue weighted by molar-refractivity contribution is 7.89. The summed E-state index contributed by atoms with van der Waals surface area (Å²) in [6.07, 6.45) is 1.43. The van der Waals surface area contributed by atoms with Crippen molar-refractivity contribution in [1.29, 1.82) is 0 Å². The van der Waals surface area contributed by atoms with Crippen molar-refractivity contribution in [3.8, 4) is 0 Å². The smallest absolute Gasteiger partial charge is 0.269 e. The molecule has 20 heavy (non-hydrogen) atoms. The molecule has 8 heteroatoms. The minimum Gasteiger partial charge on any atom is -0.383 e. The molecular weight excluding hydrogens is 280 g/mol. The minimum absolute atomic E-state index is 0.0175. The molecule has 0 spiro atoms. The zero-order chi connectivity index (χ0) is 14.6. The van der Waals surface area contributed by atoms with Gasteiger partial charge in [-0.1, -0.05) is 18.2 Å². The average molecular weight is 292 g/mol. The highest BCUT2D eigenvalue weighted by Gasteiger charge is 2.16. The van der Waals surface area contributed by atoms with E-state index in [-0.39, 0.29) is 16.3 Å². The number of sulfonamides is 1. The number of benzene rings is 1. The van der Waals surface area contributed by atoms with E-state index in [1.165, 1.54) is 30.5 Å². The molecule has 4 N–H and O–H groups in total. The molecule has 0 aliphatic heterocycles. The third-order valence-electron chi connectivity index (χ3n) is 2.44. The molecule has 0 unspecified atom stereocenters. The molecule has 0 aliphatic rings. The fourth-order valence-corrected chi connectivity index (χ4v) is 2.31. The molecular formula is C12H12N4O3S. The lowest BCUT2D eigenvalue weighted by Gasteiger charge is -2.09. The first-order valence-electron chi connectivity index (χ1n) is 5.58. The number of pyridine rings is 1. The minimum atomic E-state index is -3.82. The van der Waals surface area contributed by atoms with Crippen molar-refractivity contribution in [2.45, 2.75) is 4.90 Å². The van der Waals surface area contributed by atoms with E-state index in [1.807, 2.05) is 4.83 Å². The number of hydrazine groups is 1. The fraction of sp³-hybridized carbons (Fsp3) is 0. The average Bonchev–Trinajstić information content (AvgIpc) is 2.46. The number of nitrogen functional groups attached to an aromatic ring is 1. The molecule has 1 aromatic heterocycles. The van der Waals surface area contributed by atoms with Crippen LogP contribution in [0.2, 0.25) is 0 Å². The van der Waals surface area contributed by atoms with Gasteiger partial charge in [-0.2, -0.15) is 0 Å². The van der Waals surface area contributed by atoms with E-state index in [0.717, 1.165) is 0 Å². The standard InChI is InChI=1S/C12H12N4O3S/c13-11-10(7-4-8-14-11)12(17)15-16-20(18,19)9-5-2-1-3-6-9/h1-8,16H,(H2,13,14)(H,15,17). The molecule has 0 bridgehead atoms. The number of hydrogen-bond acceptors (Lipinski definition) is 5. The van der Waals surface area contributed by atoms with Crippen LogP contribution in [0.3, 0.4) is 0 Å². The maximum atomic E-state index is 11.9. The largest absolute Gasteiger partial charge is 0.383 e. The molecule has 2 aromatic rings. The lowest BCUT2D eigenvalue weighted by molar-refractivity contribution is 0.0945. The van der Waals surface area contributed by atoms with Crippen LogP contribution in [-0.4, -0.2) is 19.3 Å². The Bertz CT molecular complexity index is 716. The second-order valence-electron chi connectivity index (χ2n) is 3.81. The number of nitrogens with one attached hydrogen (secondary N) is 2. The second-order valence-corrected chi connectivity index (χ2v) is 5.49. The monoisotopic (exact) mass is 292 g/mol. The van der Waals surface area contributed by atoms with Gasteiger partial charge in [0.1, 0.15) is 5.82 Å². The Hall–Kier alpha value is -2.45. The number of aromatic nitrogens is 1. The SMILES string of the molecule is Nc1ncccc1C(=O)NNS(=O)(=O)c1ccccc1. The van der Waals surface area contributed by atoms with Crippen LogP contribution in [0.4, 0.5) is 5.82 Å². The van der Waals surface area contributed by atoms with Crippen molar-refractivity contribution in [3.05, 3.63) is 54.2 Å². The maximum Gasteiger partial charge on any atom is 0.269 e. The summed E-state index contributed by atoms with van der Waals surface area (Å²) < 4.78 is 23.8. The van der Waals surface area contributed by atoms with Crippen LogP contribution in [0, 0.1) is 0 Å². The van der Waals surface area contributed by atoms with Gasteiger partial charge in [0.05, 0.1) is 10.5 Å². The molecule has 7 nitrogen and oxygen atoms in total. The van der Waals surface area contributed by atoms with Crippen LogP contribution in [0.15, 0.2) is 53.6 Å². The van der Waals surface area contributed by atoms with Crippen molar-refractivity contribution in [2.75, 3.05) is 5.73 Å². The van der Waals surface area contributed by atoms with Crippen LogP contribution in [0.1, 0.15) is 10.4 Å². The predicted molar refractivity (Wildman–Crippen MR) is 72.9 cm³/mol. The first kappa shape index (κ1) is 14.0. The summed E-state index contributed by atoms with van der Waals surface area (Å²) in [4.78, 5) is 17.6. The Morgan fingerprint density at radius 3 is 2.45 bits per heavy atom. The Balaban J connectivity index is 2.10. The van der Waals surface area contributed by atoms with Gasteiger partial charge in [0.2, 0.25) is 0 Å². The van der Waals surface area contributed by atoms with E-state index in [0.29, 0.717) is 0 Å². The molecule has 0 saturated carbocycles. The molecule has 1 heterocycles. The first-order valence-corrected chi connectivity index (χ1v) is 7.07. The summed E-state index contributed by atoms with van der Waals surface area (Å²) >= 11 is 0. The van der Waals surface area contributed by atoms with Crippen LogP contribution < -0.4 is 16.0 Å². The van der Waals surface area contributed by atoms with E-state index in [2.05, 4.69) is 10.4 Å². The van der Waals surface area contributed by atoms with Gasteiger partial charge in [0.25, 0.3) is 15.9 Å². The number of carbonyl (C=O) groups is 1. The van der Waals surface area contributed by atoms with Gasteiger partial charge in [-0.3, -0.25) is 10.2 Å². The van der Waals surface area contributed by atoms with Crippen LogP contribution in [0.5, 0.6) is 0 Å². The van der Waals surface area contributed by atoms with Crippen molar-refractivity contribution < 1.29 is 13.2 Å². The van der Waals surface area contributed by atoms with Gasteiger partial charge in [0, 0.05) is 6.20 Å². The number of hydrogen-bond donors (Lipinski definition) is 3. The number of nitrogens with two attached hydrogens (primary N) is 1. The van der Waals surface area contributed by atoms with Gasteiger partial charge >= 0.3 is 0 Å². The third kappa shape index (κ3) is 3.11. The predicted octanol–water partition coefficient (Wildman–Crippen LogP) is 0.287. The molecule has 1 aromatic carbocycles. The summed E-state index contributed by atoms with van der Waals surface area (Å²) in [5.41, 5.74) is 7.69. The van der Waals surface area contributed by atoms with E-state index >= 15 is 0 Å². The fourth-order valence-electron chi connectivity index (χ4n) is 1.45. The van der Waals surface area contributed by atoms with Gasteiger partial charge in [0.15, 0.2) is 0 Å². The Morgan fingerprint density at radius 2 is 1.80 bits per heavy atom. The quantitative estimate of drug-likeness (QED) is 0.701. The van der Waals surface area contributed by atoms with Crippen molar-refractivity contribution in [3.63, 3.8) is 0 Å². The molecule has 104 valence electrons. The summed E-state index contributed by atoms with van der Waals surface area (Å²) in [6.45, 7) is 0. The van der Waals surface area contributed by atoms with Gasteiger partial charge < -0.3 is 5.73 Å². The molecule has 0 aliphatic carbocycles. The van der Waals surface area contributed by atoms with Crippen LogP contribution in [-0.2, 0) is 10.0 Å². The van der Waals surface area contributed by atoms with E-state index in [9.17, 15) is 13.2 Å². The molecule has 0 fully saturated rings. The number of amides is 1. The Morgan fingerprint density at radius 1 is 1.10 bits per heavy atom. The maximum absolute atomic E-state index is 11.9. The van der Waals surface area contributed by atoms with Crippen molar-refractivity contribution >= 4 is 21.7 Å². The van der Waals surface area contributed by atoms with Gasteiger partial charge in [-0.15, -0.1) is 4.83 Å². The van der Waals surface area contributed by atoms with E-state index in [1.54, 1.807) is 18.2 Å². The van der Waals surface area contributed by atoms with Crippen molar-refractivity contribution in [1.82, 2.24) is 15.2 Å². The molecule has 0 saturated heterocycles. The summed E-state index contributed by atoms with van der Waals surface area (Å²) in [7, 11) is -3.82. The van der Waals surface area contributed by atoms with Crippen molar-refractivity contribution in [2.24, 2.45) is 0 Å². The summed E-state index contributed by atoms with van der Waals surface area (Å²) in [5, 5.41) is 0. The van der Waals surface area contributed by atoms with Crippen LogP contribution in [0.25, 0.3) is 0 Å². The zero-order valence-electron chi connectivity index (χ0n) is 10.3. The molecule has 2 rings (SSSR count). The number of carbonyl (C=O) groups excluding carboxylic acids is 1. The first-order chi connectivity index (χ1) is 9.50. The van der Waals surface area contributed by atoms with Crippen LogP contribution >= 0.6 is 0 Å². The van der Waals surface area contributed by atoms with E-state index in [4.69, 9.17) is 5.73 Å². The van der Waals surface area contributed by atoms with E-state index < -0.39 is 15.9 Å². The lowest BCUT2D eigenvalue weighted by Crippen LogP contribution is -2.41. The highest BCUT2D eigenvalue weighted by Crippen LogP contribution is 2.08. The summed E-state index contributed by atoms with van der Waals surface area (Å²) in [5.74, 6) is -0.668. The number of nitrogens with zero attached hydrogens (tertiary/aromatic N) is 1. The molecule has 0 radical (unpaired) electrons. The topological polar surface area (TPSA) is 114 Å².